The van der Waals surface area contributed by atoms with Gasteiger partial charge in [0.25, 0.3) is 0 Å². The van der Waals surface area contributed by atoms with Crippen molar-refractivity contribution in [2.75, 3.05) is 6.54 Å². The lowest BCUT2D eigenvalue weighted by molar-refractivity contribution is -0.134. The van der Waals surface area contributed by atoms with Gasteiger partial charge in [-0.1, -0.05) is 12.1 Å². The molecule has 19 heavy (non-hydrogen) atoms. The van der Waals surface area contributed by atoms with Crippen molar-refractivity contribution in [1.29, 1.82) is 0 Å². The summed E-state index contributed by atoms with van der Waals surface area (Å²) in [7, 11) is 0. The fourth-order valence-corrected chi connectivity index (χ4v) is 2.59. The van der Waals surface area contributed by atoms with E-state index in [4.69, 9.17) is 0 Å². The smallest absolute Gasteiger partial charge is 0.247 e. The number of nitrogens with zero attached hydrogens (tertiary/aromatic N) is 3. The Morgan fingerprint density at radius 2 is 2.47 bits per heavy atom. The fourth-order valence-electron chi connectivity index (χ4n) is 1.87. The van der Waals surface area contributed by atoms with Crippen molar-refractivity contribution in [3.05, 3.63) is 53.5 Å². The van der Waals surface area contributed by atoms with Crippen LogP contribution in [0.1, 0.15) is 17.8 Å². The van der Waals surface area contributed by atoms with Crippen LogP contribution < -0.4 is 0 Å². The van der Waals surface area contributed by atoms with E-state index in [9.17, 15) is 4.79 Å². The van der Waals surface area contributed by atoms with Gasteiger partial charge in [-0.05, 0) is 24.4 Å². The number of thiophene rings is 1. The van der Waals surface area contributed by atoms with Crippen LogP contribution in [0.2, 0.25) is 0 Å². The van der Waals surface area contributed by atoms with Gasteiger partial charge in [0, 0.05) is 23.8 Å². The van der Waals surface area contributed by atoms with Crippen molar-refractivity contribution in [3.63, 3.8) is 0 Å². The zero-order valence-electron chi connectivity index (χ0n) is 10.9. The molecule has 2 aromatic rings. The van der Waals surface area contributed by atoms with Gasteiger partial charge in [-0.2, -0.15) is 5.10 Å². The Kier molecular flexibility index (Phi) is 4.52. The van der Waals surface area contributed by atoms with Crippen molar-refractivity contribution in [2.45, 2.75) is 19.5 Å². The summed E-state index contributed by atoms with van der Waals surface area (Å²) in [6.45, 7) is 6.75. The first-order valence-corrected chi connectivity index (χ1v) is 7.01. The largest absolute Gasteiger partial charge is 0.332 e. The van der Waals surface area contributed by atoms with Crippen LogP contribution in [-0.2, 0) is 11.3 Å². The first-order chi connectivity index (χ1) is 9.22. The average Bonchev–Trinajstić information content (AvgIpc) is 3.09. The Morgan fingerprint density at radius 3 is 3.05 bits per heavy atom. The molecule has 2 aromatic heterocycles. The highest BCUT2D eigenvalue weighted by atomic mass is 32.1. The van der Waals surface area contributed by atoms with Crippen LogP contribution in [0.4, 0.5) is 0 Å². The van der Waals surface area contributed by atoms with Crippen molar-refractivity contribution in [3.8, 4) is 0 Å². The molecule has 2 heterocycles. The molecule has 1 amide bonds. The Bertz CT molecular complexity index is 519. The summed E-state index contributed by atoms with van der Waals surface area (Å²) in [5.41, 5.74) is 0. The molecule has 1 atom stereocenters. The van der Waals surface area contributed by atoms with E-state index in [2.05, 4.69) is 11.7 Å². The zero-order chi connectivity index (χ0) is 13.7. The number of hydrogen-bond donors (Lipinski definition) is 0. The Labute approximate surface area is 117 Å². The molecule has 0 aliphatic rings. The third-order valence-electron chi connectivity index (χ3n) is 2.87. The van der Waals surface area contributed by atoms with Gasteiger partial charge in [0.15, 0.2) is 0 Å². The summed E-state index contributed by atoms with van der Waals surface area (Å²) in [5, 5.41) is 6.14. The lowest BCUT2D eigenvalue weighted by Crippen LogP contribution is -2.36. The topological polar surface area (TPSA) is 38.1 Å². The third-order valence-corrected chi connectivity index (χ3v) is 3.73. The minimum absolute atomic E-state index is 0.0528. The van der Waals surface area contributed by atoms with Gasteiger partial charge >= 0.3 is 0 Å². The van der Waals surface area contributed by atoms with Gasteiger partial charge in [0.2, 0.25) is 5.91 Å². The average molecular weight is 275 g/mol. The van der Waals surface area contributed by atoms with Gasteiger partial charge in [-0.3, -0.25) is 9.48 Å². The van der Waals surface area contributed by atoms with E-state index in [1.54, 1.807) is 39.4 Å². The molecule has 0 radical (unpaired) electrons. The van der Waals surface area contributed by atoms with Crippen LogP contribution >= 0.6 is 11.3 Å². The number of hydrogen-bond acceptors (Lipinski definition) is 3. The molecule has 0 aliphatic carbocycles. The van der Waals surface area contributed by atoms with Crippen LogP contribution in [0, 0.1) is 0 Å². The Morgan fingerprint density at radius 1 is 1.63 bits per heavy atom. The Hall–Kier alpha value is -1.88. The monoisotopic (exact) mass is 275 g/mol. The van der Waals surface area contributed by atoms with Gasteiger partial charge < -0.3 is 4.90 Å². The highest BCUT2D eigenvalue weighted by Gasteiger charge is 2.21. The van der Waals surface area contributed by atoms with Crippen molar-refractivity contribution in [1.82, 2.24) is 14.7 Å². The molecule has 0 fully saturated rings. The summed E-state index contributed by atoms with van der Waals surface area (Å²) in [4.78, 5) is 15.4. The molecule has 1 unspecified atom stereocenters. The van der Waals surface area contributed by atoms with Gasteiger partial charge in [-0.15, -0.1) is 17.9 Å². The van der Waals surface area contributed by atoms with Crippen LogP contribution in [-0.4, -0.2) is 27.1 Å². The summed E-state index contributed by atoms with van der Waals surface area (Å²) >= 11 is 1.65. The maximum absolute atomic E-state index is 12.5. The number of carbonyl (C=O) groups is 1. The molecule has 0 bridgehead atoms. The first-order valence-electron chi connectivity index (χ1n) is 6.13. The molecule has 0 aromatic carbocycles. The highest BCUT2D eigenvalue weighted by molar-refractivity contribution is 7.09. The molecule has 4 nitrogen and oxygen atoms in total. The predicted octanol–water partition coefficient (Wildman–Crippen LogP) is 2.72. The second kappa shape index (κ2) is 6.33. The van der Waals surface area contributed by atoms with E-state index < -0.39 is 0 Å². The SMILES string of the molecule is C=CCN(Cc1cccs1)C(=O)C(C)n1cccn1. The number of aromatic nitrogens is 2. The predicted molar refractivity (Wildman–Crippen MR) is 76.9 cm³/mol. The van der Waals surface area contributed by atoms with Crippen molar-refractivity contribution in [2.24, 2.45) is 0 Å². The van der Waals surface area contributed by atoms with E-state index in [1.807, 2.05) is 30.5 Å². The van der Waals surface area contributed by atoms with Crippen LogP contribution in [0.5, 0.6) is 0 Å². The Balaban J connectivity index is 2.09. The first kappa shape index (κ1) is 13.5. The molecule has 100 valence electrons. The number of amides is 1. The molecule has 5 heteroatoms. The summed E-state index contributed by atoms with van der Waals surface area (Å²) in [5.74, 6) is 0.0528. The maximum Gasteiger partial charge on any atom is 0.247 e. The van der Waals surface area contributed by atoms with Gasteiger partial charge in [-0.25, -0.2) is 0 Å². The normalized spacial score (nSPS) is 12.1. The minimum atomic E-state index is -0.296. The summed E-state index contributed by atoms with van der Waals surface area (Å²) in [6, 6.07) is 5.55. The fraction of sp³-hybridized carbons (Fsp3) is 0.286. The van der Waals surface area contributed by atoms with E-state index >= 15 is 0 Å². The molecule has 0 aliphatic heterocycles. The quantitative estimate of drug-likeness (QED) is 0.760. The molecule has 0 saturated heterocycles. The standard InChI is InChI=1S/C14H17N3OS/c1-3-8-16(11-13-6-4-10-19-13)14(18)12(2)17-9-5-7-15-17/h3-7,9-10,12H,1,8,11H2,2H3. The highest BCUT2D eigenvalue weighted by Crippen LogP contribution is 2.15. The second-order valence-electron chi connectivity index (χ2n) is 4.25. The van der Waals surface area contributed by atoms with E-state index in [0.29, 0.717) is 13.1 Å². The second-order valence-corrected chi connectivity index (χ2v) is 5.28. The molecule has 0 N–H and O–H groups in total. The molecule has 2 rings (SSSR count). The van der Waals surface area contributed by atoms with Gasteiger partial charge in [0.1, 0.15) is 6.04 Å². The lowest BCUT2D eigenvalue weighted by atomic mass is 10.2. The third kappa shape index (κ3) is 3.32. The molecule has 0 spiro atoms. The molecule has 0 saturated carbocycles. The minimum Gasteiger partial charge on any atom is -0.332 e. The lowest BCUT2D eigenvalue weighted by Gasteiger charge is -2.24. The van der Waals surface area contributed by atoms with E-state index in [0.717, 1.165) is 0 Å². The zero-order valence-corrected chi connectivity index (χ0v) is 11.7. The van der Waals surface area contributed by atoms with E-state index in [1.165, 1.54) is 4.88 Å². The van der Waals surface area contributed by atoms with Crippen LogP contribution in [0.3, 0.4) is 0 Å². The van der Waals surface area contributed by atoms with E-state index in [-0.39, 0.29) is 11.9 Å². The number of rotatable bonds is 6. The number of carbonyl (C=O) groups excluding carboxylic acids is 1. The van der Waals surface area contributed by atoms with Gasteiger partial charge in [0.05, 0.1) is 6.54 Å². The molecular formula is C14H17N3OS. The summed E-state index contributed by atoms with van der Waals surface area (Å²) < 4.78 is 1.67. The molecular weight excluding hydrogens is 258 g/mol. The van der Waals surface area contributed by atoms with Crippen molar-refractivity contribution < 1.29 is 4.79 Å². The maximum atomic E-state index is 12.5. The van der Waals surface area contributed by atoms with Crippen molar-refractivity contribution >= 4 is 17.2 Å². The summed E-state index contributed by atoms with van der Waals surface area (Å²) in [6.07, 6.45) is 5.24. The van der Waals surface area contributed by atoms with Crippen LogP contribution in [0.15, 0.2) is 48.6 Å². The van der Waals surface area contributed by atoms with Crippen LogP contribution in [0.25, 0.3) is 0 Å².